The van der Waals surface area contributed by atoms with E-state index < -0.39 is 87.6 Å². The second kappa shape index (κ2) is 12.4. The number of oxime groups is 1. The highest BCUT2D eigenvalue weighted by Crippen LogP contribution is 2.36. The van der Waals surface area contributed by atoms with E-state index in [2.05, 4.69) is 20.8 Å². The SMILES string of the molecule is Nc1nc(C(=NOC2(C(=O)O)CCC2)C(=O)N[C@@H]2C(=O)N(S(=O)(=O)O)[C@@H]2CNC(=O)C(=O)NCc2cc(=O)c(O)cn2O)cs1. The molecule has 3 heterocycles. The third-order valence-electron chi connectivity index (χ3n) is 6.74. The van der Waals surface area contributed by atoms with Gasteiger partial charge in [0.2, 0.25) is 11.0 Å². The quantitative estimate of drug-likeness (QED) is 0.0286. The number of anilines is 1. The molecule has 1 aliphatic heterocycles. The molecule has 1 aliphatic carbocycles. The molecule has 2 aromatic rings. The van der Waals surface area contributed by atoms with Crippen molar-refractivity contribution in [2.24, 2.45) is 5.16 Å². The zero-order chi connectivity index (χ0) is 33.3. The summed E-state index contributed by atoms with van der Waals surface area (Å²) >= 11 is 0.891. The number of carbonyl (C=O) groups excluding carboxylic acids is 4. The highest BCUT2D eigenvalue weighted by Gasteiger charge is 2.54. The maximum atomic E-state index is 13.2. The minimum atomic E-state index is -5.21. The first-order valence-electron chi connectivity index (χ1n) is 12.6. The van der Waals surface area contributed by atoms with Crippen LogP contribution in [0.5, 0.6) is 5.75 Å². The van der Waals surface area contributed by atoms with Crippen molar-refractivity contribution in [2.75, 3.05) is 12.3 Å². The molecule has 0 radical (unpaired) electrons. The number of nitrogen functional groups attached to an aromatic ring is 1. The molecule has 0 bridgehead atoms. The van der Waals surface area contributed by atoms with E-state index in [-0.39, 0.29) is 33.7 Å². The van der Waals surface area contributed by atoms with E-state index in [1.54, 1.807) is 0 Å². The van der Waals surface area contributed by atoms with Crippen LogP contribution in [-0.2, 0) is 45.7 Å². The van der Waals surface area contributed by atoms with Crippen molar-refractivity contribution >= 4 is 62.1 Å². The van der Waals surface area contributed by atoms with Crippen molar-refractivity contribution in [3.63, 3.8) is 0 Å². The Balaban J connectivity index is 1.46. The topological polar surface area (TPSA) is 322 Å². The van der Waals surface area contributed by atoms with Gasteiger partial charge in [0.05, 0.1) is 24.5 Å². The predicted molar refractivity (Wildman–Crippen MR) is 147 cm³/mol. The molecule has 242 valence electrons. The number of aromatic nitrogens is 2. The molecule has 4 amide bonds. The number of aliphatic carboxylic acids is 1. The minimum Gasteiger partial charge on any atom is -0.503 e. The van der Waals surface area contributed by atoms with Crippen LogP contribution in [0.3, 0.4) is 0 Å². The van der Waals surface area contributed by atoms with Crippen LogP contribution >= 0.6 is 11.3 Å². The molecule has 2 atom stereocenters. The fraction of sp³-hybridized carbons (Fsp3) is 0.364. The Bertz CT molecular complexity index is 1770. The van der Waals surface area contributed by atoms with Crippen molar-refractivity contribution in [2.45, 2.75) is 43.5 Å². The van der Waals surface area contributed by atoms with Gasteiger partial charge >= 0.3 is 28.1 Å². The molecule has 2 fully saturated rings. The maximum absolute atomic E-state index is 13.2. The number of carboxylic acids is 1. The number of amides is 4. The molecule has 1 saturated carbocycles. The Hall–Kier alpha value is -5.29. The zero-order valence-corrected chi connectivity index (χ0v) is 24.2. The fourth-order valence-corrected chi connectivity index (χ4v) is 5.59. The lowest BCUT2D eigenvalue weighted by atomic mass is 9.80. The highest BCUT2D eigenvalue weighted by atomic mass is 32.2. The Morgan fingerprint density at radius 1 is 1.18 bits per heavy atom. The summed E-state index contributed by atoms with van der Waals surface area (Å²) in [6.07, 6.45) is 1.35. The Morgan fingerprint density at radius 2 is 1.84 bits per heavy atom. The number of carbonyl (C=O) groups is 5. The summed E-state index contributed by atoms with van der Waals surface area (Å²) in [6.45, 7) is -1.37. The van der Waals surface area contributed by atoms with Crippen molar-refractivity contribution in [3.05, 3.63) is 39.3 Å². The minimum absolute atomic E-state index is 0.00841. The number of thiazole rings is 1. The highest BCUT2D eigenvalue weighted by molar-refractivity contribution is 7.84. The molecule has 0 unspecified atom stereocenters. The van der Waals surface area contributed by atoms with Gasteiger partial charge in [0.1, 0.15) is 11.7 Å². The number of carboxylic acid groups (broad SMARTS) is 1. The van der Waals surface area contributed by atoms with Crippen molar-refractivity contribution < 1.29 is 57.2 Å². The monoisotopic (exact) mass is 672 g/mol. The number of nitrogens with two attached hydrogens (primary N) is 1. The molecule has 2 aliphatic rings. The van der Waals surface area contributed by atoms with Crippen LogP contribution in [0.25, 0.3) is 0 Å². The third-order valence-corrected chi connectivity index (χ3v) is 8.37. The van der Waals surface area contributed by atoms with E-state index in [0.29, 0.717) is 17.3 Å². The van der Waals surface area contributed by atoms with Crippen LogP contribution in [0.1, 0.15) is 30.7 Å². The first kappa shape index (κ1) is 32.6. The number of aromatic hydroxyl groups is 1. The van der Waals surface area contributed by atoms with Crippen molar-refractivity contribution in [1.29, 1.82) is 0 Å². The first-order valence-corrected chi connectivity index (χ1v) is 14.8. The summed E-state index contributed by atoms with van der Waals surface area (Å²) in [6, 6.07) is -2.60. The lowest BCUT2D eigenvalue weighted by Crippen LogP contribution is -2.74. The van der Waals surface area contributed by atoms with Gasteiger partial charge in [0, 0.05) is 30.8 Å². The average Bonchev–Trinajstić information content (AvgIpc) is 3.36. The molecule has 2 aromatic heterocycles. The summed E-state index contributed by atoms with van der Waals surface area (Å²) in [5.74, 6) is -7.35. The van der Waals surface area contributed by atoms with Gasteiger partial charge in [-0.2, -0.15) is 13.1 Å². The molecule has 9 N–H and O–H groups in total. The average molecular weight is 673 g/mol. The summed E-state index contributed by atoms with van der Waals surface area (Å²) in [5, 5.41) is 39.7. The third kappa shape index (κ3) is 6.78. The number of nitrogens with zero attached hydrogens (tertiary/aromatic N) is 4. The van der Waals surface area contributed by atoms with Gasteiger partial charge in [-0.15, -0.1) is 11.3 Å². The van der Waals surface area contributed by atoms with Gasteiger partial charge in [-0.05, 0) is 6.42 Å². The van der Waals surface area contributed by atoms with Crippen LogP contribution in [0, 0.1) is 0 Å². The summed E-state index contributed by atoms with van der Waals surface area (Å²) in [5.41, 5.74) is 2.02. The molecule has 0 spiro atoms. The lowest BCUT2D eigenvalue weighted by molar-refractivity contribution is -0.178. The van der Waals surface area contributed by atoms with Gasteiger partial charge in [-0.25, -0.2) is 14.1 Å². The number of pyridine rings is 1. The fourth-order valence-electron chi connectivity index (χ4n) is 4.16. The first-order chi connectivity index (χ1) is 21.0. The molecule has 4 rings (SSSR count). The van der Waals surface area contributed by atoms with Gasteiger partial charge in [-0.3, -0.25) is 28.5 Å². The Kier molecular flexibility index (Phi) is 8.97. The van der Waals surface area contributed by atoms with Crippen LogP contribution in [0.2, 0.25) is 0 Å². The second-order valence-corrected chi connectivity index (χ2v) is 11.8. The van der Waals surface area contributed by atoms with E-state index in [0.717, 1.165) is 17.4 Å². The summed E-state index contributed by atoms with van der Waals surface area (Å²) in [4.78, 5) is 82.7. The summed E-state index contributed by atoms with van der Waals surface area (Å²) in [7, 11) is -5.21. The summed E-state index contributed by atoms with van der Waals surface area (Å²) < 4.78 is 33.4. The standard InChI is InChI=1S/C22H24N8O13S2/c23-21-26-10(8-44-21)14(28-43-22(20(37)38)2-1-3-22)16(33)27-15-11(30(19(15)36)45(40,41)42)6-25-18(35)17(34)24-5-9-4-12(31)13(32)7-29(9)39/h4,7-8,11,15,32,39H,1-3,5-6H2,(H2,23,26)(H,24,34)(H,25,35)(H,27,33)(H,37,38)(H,40,41,42)/t11-,15+/m1/s1. The van der Waals surface area contributed by atoms with Gasteiger partial charge < -0.3 is 41.9 Å². The van der Waals surface area contributed by atoms with E-state index in [9.17, 15) is 57.2 Å². The van der Waals surface area contributed by atoms with E-state index in [4.69, 9.17) is 10.6 Å². The molecule has 21 nitrogen and oxygen atoms in total. The van der Waals surface area contributed by atoms with E-state index >= 15 is 0 Å². The van der Waals surface area contributed by atoms with Crippen LogP contribution < -0.4 is 27.1 Å². The van der Waals surface area contributed by atoms with Crippen LogP contribution in [0.15, 0.2) is 27.6 Å². The molecular formula is C22H24N8O13S2. The van der Waals surface area contributed by atoms with Crippen LogP contribution in [-0.4, -0.2) is 102 Å². The molecule has 23 heteroatoms. The van der Waals surface area contributed by atoms with Crippen molar-refractivity contribution in [3.8, 4) is 5.75 Å². The molecule has 0 aromatic carbocycles. The normalized spacial score (nSPS) is 19.1. The van der Waals surface area contributed by atoms with Gasteiger partial charge in [0.25, 0.3) is 11.8 Å². The van der Waals surface area contributed by atoms with Crippen LogP contribution in [0.4, 0.5) is 5.13 Å². The second-order valence-electron chi connectivity index (χ2n) is 9.64. The zero-order valence-electron chi connectivity index (χ0n) is 22.6. The largest absolute Gasteiger partial charge is 0.503 e. The van der Waals surface area contributed by atoms with Gasteiger partial charge in [-0.1, -0.05) is 5.16 Å². The van der Waals surface area contributed by atoms with Gasteiger partial charge in [0.15, 0.2) is 16.6 Å². The molecule has 45 heavy (non-hydrogen) atoms. The number of hydrogen-bond acceptors (Lipinski definition) is 15. The number of β-lactam (4-membered cyclic amide) rings is 1. The number of rotatable bonds is 11. The number of hydrogen-bond donors (Lipinski definition) is 8. The Morgan fingerprint density at radius 3 is 2.40 bits per heavy atom. The lowest BCUT2D eigenvalue weighted by Gasteiger charge is -2.44. The smallest absolute Gasteiger partial charge is 0.362 e. The van der Waals surface area contributed by atoms with Crippen molar-refractivity contribution in [1.82, 2.24) is 30.0 Å². The van der Waals surface area contributed by atoms with E-state index in [1.807, 2.05) is 5.32 Å². The molecular weight excluding hydrogens is 648 g/mol. The number of nitrogens with one attached hydrogen (secondary N) is 3. The maximum Gasteiger partial charge on any atom is 0.362 e. The van der Waals surface area contributed by atoms with E-state index in [1.165, 1.54) is 5.38 Å². The Labute approximate surface area is 255 Å². The predicted octanol–water partition coefficient (Wildman–Crippen LogP) is -3.51. The molecule has 1 saturated heterocycles.